The molecular formula is C22H27N3O4. The predicted molar refractivity (Wildman–Crippen MR) is 111 cm³/mol. The zero-order valence-electron chi connectivity index (χ0n) is 16.9. The Morgan fingerprint density at radius 3 is 2.07 bits per heavy atom. The lowest BCUT2D eigenvalue weighted by molar-refractivity contribution is -0.127. The van der Waals surface area contributed by atoms with E-state index in [1.54, 1.807) is 18.2 Å². The summed E-state index contributed by atoms with van der Waals surface area (Å²) >= 11 is 0. The molecule has 3 heterocycles. The van der Waals surface area contributed by atoms with Crippen LogP contribution in [0.25, 0.3) is 12.2 Å². The van der Waals surface area contributed by atoms with Gasteiger partial charge >= 0.3 is 0 Å². The van der Waals surface area contributed by atoms with E-state index in [4.69, 9.17) is 8.83 Å². The third-order valence-corrected chi connectivity index (χ3v) is 4.72. The summed E-state index contributed by atoms with van der Waals surface area (Å²) in [5.41, 5.74) is 0. The number of carbonyl (C=O) groups excluding carboxylic acids is 2. The lowest BCUT2D eigenvalue weighted by Gasteiger charge is -2.34. The second-order valence-corrected chi connectivity index (χ2v) is 7.02. The Bertz CT molecular complexity index is 883. The highest BCUT2D eigenvalue weighted by atomic mass is 16.3. The van der Waals surface area contributed by atoms with Crippen LogP contribution in [0.5, 0.6) is 0 Å². The van der Waals surface area contributed by atoms with E-state index in [1.165, 1.54) is 6.08 Å². The van der Waals surface area contributed by atoms with Crippen molar-refractivity contribution in [2.45, 2.75) is 13.8 Å². The molecule has 0 spiro atoms. The Labute approximate surface area is 170 Å². The predicted octanol–water partition coefficient (Wildman–Crippen LogP) is 2.48. The molecule has 1 saturated heterocycles. The number of nitrogens with zero attached hydrogens (tertiary/aromatic N) is 2. The van der Waals surface area contributed by atoms with E-state index in [2.05, 4.69) is 10.2 Å². The van der Waals surface area contributed by atoms with Crippen molar-refractivity contribution in [1.82, 2.24) is 15.1 Å². The second kappa shape index (κ2) is 9.93. The average molecular weight is 397 g/mol. The minimum absolute atomic E-state index is 0.00898. The number of hydrogen-bond donors (Lipinski definition) is 1. The summed E-state index contributed by atoms with van der Waals surface area (Å²) in [6.07, 6.45) is 6.39. The highest BCUT2D eigenvalue weighted by Gasteiger charge is 2.19. The molecule has 0 saturated carbocycles. The Kier molecular flexibility index (Phi) is 7.08. The molecule has 0 aromatic carbocycles. The van der Waals surface area contributed by atoms with Gasteiger partial charge in [-0.3, -0.25) is 14.5 Å². The summed E-state index contributed by atoms with van der Waals surface area (Å²) in [5, 5.41) is 2.87. The highest BCUT2D eigenvalue weighted by Crippen LogP contribution is 2.09. The molecule has 1 aliphatic rings. The first-order valence-electron chi connectivity index (χ1n) is 9.78. The number of rotatable bonds is 7. The van der Waals surface area contributed by atoms with E-state index in [0.29, 0.717) is 31.2 Å². The molecule has 7 nitrogen and oxygen atoms in total. The molecule has 29 heavy (non-hydrogen) atoms. The van der Waals surface area contributed by atoms with Gasteiger partial charge in [0.25, 0.3) is 0 Å². The number of carbonyl (C=O) groups is 2. The van der Waals surface area contributed by atoms with Crippen molar-refractivity contribution in [3.8, 4) is 0 Å². The van der Waals surface area contributed by atoms with Crippen LogP contribution in [0.4, 0.5) is 0 Å². The number of aryl methyl sites for hydroxylation is 2. The van der Waals surface area contributed by atoms with Crippen LogP contribution >= 0.6 is 0 Å². The smallest absolute Gasteiger partial charge is 0.246 e. The Morgan fingerprint density at radius 2 is 1.52 bits per heavy atom. The first kappa shape index (κ1) is 20.7. The van der Waals surface area contributed by atoms with Gasteiger partial charge in [0, 0.05) is 51.4 Å². The van der Waals surface area contributed by atoms with Gasteiger partial charge in [-0.05, 0) is 50.3 Å². The number of amides is 2. The summed E-state index contributed by atoms with van der Waals surface area (Å²) < 4.78 is 10.8. The van der Waals surface area contributed by atoms with Gasteiger partial charge in [0.1, 0.15) is 23.0 Å². The van der Waals surface area contributed by atoms with Crippen LogP contribution in [0.15, 0.2) is 45.3 Å². The molecule has 0 unspecified atom stereocenters. The maximum atomic E-state index is 12.3. The SMILES string of the molecule is Cc1ccc(/C=C/C(=O)NCCN2CCN(C(=O)/C=C/c3ccc(C)o3)CC2)o1. The largest absolute Gasteiger partial charge is 0.462 e. The lowest BCUT2D eigenvalue weighted by atomic mass is 10.3. The van der Waals surface area contributed by atoms with Crippen LogP contribution in [0, 0.1) is 13.8 Å². The van der Waals surface area contributed by atoms with Crippen molar-refractivity contribution in [3.63, 3.8) is 0 Å². The van der Waals surface area contributed by atoms with Gasteiger partial charge in [-0.2, -0.15) is 0 Å². The normalized spacial score (nSPS) is 15.4. The first-order valence-corrected chi connectivity index (χ1v) is 9.78. The summed E-state index contributed by atoms with van der Waals surface area (Å²) in [6.45, 7) is 7.97. The summed E-state index contributed by atoms with van der Waals surface area (Å²) in [4.78, 5) is 28.2. The number of piperazine rings is 1. The van der Waals surface area contributed by atoms with Crippen LogP contribution in [0.2, 0.25) is 0 Å². The molecular weight excluding hydrogens is 370 g/mol. The summed E-state index contributed by atoms with van der Waals surface area (Å²) in [5.74, 6) is 2.83. The van der Waals surface area contributed by atoms with Gasteiger partial charge < -0.3 is 19.1 Å². The zero-order chi connectivity index (χ0) is 20.6. The van der Waals surface area contributed by atoms with Crippen molar-refractivity contribution in [2.75, 3.05) is 39.3 Å². The fourth-order valence-corrected chi connectivity index (χ4v) is 3.09. The zero-order valence-corrected chi connectivity index (χ0v) is 16.9. The quantitative estimate of drug-likeness (QED) is 0.726. The van der Waals surface area contributed by atoms with Crippen LogP contribution in [-0.2, 0) is 9.59 Å². The molecule has 7 heteroatoms. The second-order valence-electron chi connectivity index (χ2n) is 7.02. The number of nitrogens with one attached hydrogen (secondary N) is 1. The molecule has 2 aromatic rings. The van der Waals surface area contributed by atoms with Gasteiger partial charge in [-0.25, -0.2) is 0 Å². The number of hydrogen-bond acceptors (Lipinski definition) is 5. The molecule has 0 aliphatic carbocycles. The van der Waals surface area contributed by atoms with E-state index < -0.39 is 0 Å². The molecule has 1 fully saturated rings. The Morgan fingerprint density at radius 1 is 0.931 bits per heavy atom. The molecule has 0 atom stereocenters. The van der Waals surface area contributed by atoms with Crippen molar-refractivity contribution in [3.05, 3.63) is 59.5 Å². The Balaban J connectivity index is 1.33. The van der Waals surface area contributed by atoms with Gasteiger partial charge in [0.05, 0.1) is 0 Å². The third kappa shape index (κ3) is 6.50. The minimum atomic E-state index is -0.147. The maximum absolute atomic E-state index is 12.3. The first-order chi connectivity index (χ1) is 14.0. The maximum Gasteiger partial charge on any atom is 0.246 e. The van der Waals surface area contributed by atoms with Crippen molar-refractivity contribution >= 4 is 24.0 Å². The molecule has 3 rings (SSSR count). The summed E-state index contributed by atoms with van der Waals surface area (Å²) in [6, 6.07) is 7.39. The molecule has 2 aromatic heterocycles. The van der Waals surface area contributed by atoms with E-state index in [0.717, 1.165) is 31.2 Å². The van der Waals surface area contributed by atoms with Crippen LogP contribution < -0.4 is 5.32 Å². The third-order valence-electron chi connectivity index (χ3n) is 4.72. The Hall–Kier alpha value is -3.06. The lowest BCUT2D eigenvalue weighted by Crippen LogP contribution is -2.49. The standard InChI is InChI=1S/C22H27N3O4/c1-17-3-5-19(28-17)7-9-21(26)23-11-12-24-13-15-25(16-14-24)22(27)10-8-20-6-4-18(2)29-20/h3-10H,11-16H2,1-2H3,(H,23,26)/b9-7+,10-8+. The molecule has 154 valence electrons. The number of furan rings is 2. The van der Waals surface area contributed by atoms with Gasteiger partial charge in [0.15, 0.2) is 0 Å². The topological polar surface area (TPSA) is 78.9 Å². The molecule has 1 aliphatic heterocycles. The van der Waals surface area contributed by atoms with Gasteiger partial charge in [-0.15, -0.1) is 0 Å². The highest BCUT2D eigenvalue weighted by molar-refractivity contribution is 5.92. The summed E-state index contributed by atoms with van der Waals surface area (Å²) in [7, 11) is 0. The van der Waals surface area contributed by atoms with Crippen LogP contribution in [-0.4, -0.2) is 60.9 Å². The van der Waals surface area contributed by atoms with Gasteiger partial charge in [-0.1, -0.05) is 0 Å². The van der Waals surface area contributed by atoms with Crippen LogP contribution in [0.1, 0.15) is 23.0 Å². The van der Waals surface area contributed by atoms with E-state index in [-0.39, 0.29) is 11.8 Å². The molecule has 1 N–H and O–H groups in total. The van der Waals surface area contributed by atoms with E-state index in [1.807, 2.05) is 43.0 Å². The average Bonchev–Trinajstić information content (AvgIpc) is 3.33. The van der Waals surface area contributed by atoms with E-state index in [9.17, 15) is 9.59 Å². The van der Waals surface area contributed by atoms with Crippen molar-refractivity contribution in [2.24, 2.45) is 0 Å². The van der Waals surface area contributed by atoms with Crippen LogP contribution in [0.3, 0.4) is 0 Å². The van der Waals surface area contributed by atoms with Crippen molar-refractivity contribution < 1.29 is 18.4 Å². The van der Waals surface area contributed by atoms with E-state index >= 15 is 0 Å². The van der Waals surface area contributed by atoms with Gasteiger partial charge in [0.2, 0.25) is 11.8 Å². The molecule has 0 bridgehead atoms. The fourth-order valence-electron chi connectivity index (χ4n) is 3.09. The van der Waals surface area contributed by atoms with Crippen molar-refractivity contribution in [1.29, 1.82) is 0 Å². The monoisotopic (exact) mass is 397 g/mol. The molecule has 0 radical (unpaired) electrons. The fraction of sp³-hybridized carbons (Fsp3) is 0.364. The molecule has 2 amide bonds. The minimum Gasteiger partial charge on any atom is -0.462 e.